The van der Waals surface area contributed by atoms with Gasteiger partial charge in [-0.1, -0.05) is 50.6 Å². The minimum absolute atomic E-state index is 0.160. The molecule has 0 aliphatic heterocycles. The van der Waals surface area contributed by atoms with Crippen LogP contribution in [-0.2, 0) is 4.79 Å². The van der Waals surface area contributed by atoms with E-state index in [4.69, 9.17) is 16.3 Å². The zero-order chi connectivity index (χ0) is 21.5. The van der Waals surface area contributed by atoms with E-state index in [-0.39, 0.29) is 17.6 Å². The number of hydrogen-bond donors (Lipinski definition) is 2. The highest BCUT2D eigenvalue weighted by Crippen LogP contribution is 2.27. The molecule has 156 valence electrons. The number of anilines is 2. The zero-order valence-electron chi connectivity index (χ0n) is 15.6. The lowest BCUT2D eigenvalue weighted by atomic mass is 10.2. The van der Waals surface area contributed by atoms with E-state index >= 15 is 0 Å². The summed E-state index contributed by atoms with van der Waals surface area (Å²) in [5.74, 6) is 0.346. The van der Waals surface area contributed by atoms with Crippen molar-refractivity contribution < 1.29 is 14.3 Å². The van der Waals surface area contributed by atoms with Crippen molar-refractivity contribution in [3.8, 4) is 5.75 Å². The van der Waals surface area contributed by atoms with Crippen LogP contribution in [-0.4, -0.2) is 34.4 Å². The molecule has 0 bridgehead atoms. The van der Waals surface area contributed by atoms with E-state index in [2.05, 4.69) is 36.8 Å². The number of hydrogen-bond acceptors (Lipinski definition) is 7. The third kappa shape index (κ3) is 6.43. The molecule has 0 saturated carbocycles. The molecule has 2 aromatic carbocycles. The first-order chi connectivity index (χ1) is 14.4. The predicted octanol–water partition coefficient (Wildman–Crippen LogP) is 5.34. The van der Waals surface area contributed by atoms with Gasteiger partial charge in [-0.25, -0.2) is 0 Å². The number of halogens is 2. The summed E-state index contributed by atoms with van der Waals surface area (Å²) in [6.07, 6.45) is 0. The number of rotatable bonds is 8. The van der Waals surface area contributed by atoms with Gasteiger partial charge in [0.15, 0.2) is 4.34 Å². The van der Waals surface area contributed by atoms with Crippen LogP contribution < -0.4 is 15.4 Å². The van der Waals surface area contributed by atoms with E-state index in [1.165, 1.54) is 23.1 Å². The Kier molecular flexibility index (Phi) is 8.08. The molecule has 0 radical (unpaired) electrons. The fraction of sp³-hybridized carbons (Fsp3) is 0.158. The monoisotopic (exact) mass is 526 g/mol. The van der Waals surface area contributed by atoms with E-state index in [1.807, 2.05) is 6.92 Å². The first kappa shape index (κ1) is 22.5. The number of amides is 2. The molecule has 30 heavy (non-hydrogen) atoms. The molecule has 1 heterocycles. The highest BCUT2D eigenvalue weighted by Gasteiger charge is 2.15. The second kappa shape index (κ2) is 10.8. The van der Waals surface area contributed by atoms with Gasteiger partial charge in [0.1, 0.15) is 5.75 Å². The van der Waals surface area contributed by atoms with Crippen molar-refractivity contribution in [3.05, 3.63) is 57.5 Å². The lowest BCUT2D eigenvalue weighted by molar-refractivity contribution is -0.113. The molecule has 1 aromatic heterocycles. The van der Waals surface area contributed by atoms with Crippen molar-refractivity contribution in [2.45, 2.75) is 11.3 Å². The molecular weight excluding hydrogens is 512 g/mol. The average molecular weight is 528 g/mol. The fourth-order valence-electron chi connectivity index (χ4n) is 2.28. The summed E-state index contributed by atoms with van der Waals surface area (Å²) in [4.78, 5) is 24.5. The molecule has 0 aliphatic carbocycles. The molecular formula is C19H16BrClN4O3S2. The lowest BCUT2D eigenvalue weighted by Gasteiger charge is -2.06. The smallest absolute Gasteiger partial charge is 0.259 e. The summed E-state index contributed by atoms with van der Waals surface area (Å²) in [6.45, 7) is 2.50. The van der Waals surface area contributed by atoms with Crippen LogP contribution in [0.3, 0.4) is 0 Å². The molecule has 0 saturated heterocycles. The van der Waals surface area contributed by atoms with E-state index < -0.39 is 0 Å². The van der Waals surface area contributed by atoms with Crippen molar-refractivity contribution >= 4 is 73.3 Å². The first-order valence-corrected chi connectivity index (χ1v) is 11.7. The Morgan fingerprint density at radius 3 is 2.67 bits per heavy atom. The van der Waals surface area contributed by atoms with Gasteiger partial charge in [0.25, 0.3) is 5.91 Å². The van der Waals surface area contributed by atoms with Gasteiger partial charge in [0, 0.05) is 10.2 Å². The second-order valence-corrected chi connectivity index (χ2v) is 9.27. The summed E-state index contributed by atoms with van der Waals surface area (Å²) < 4.78 is 6.67. The first-order valence-electron chi connectivity index (χ1n) is 8.70. The van der Waals surface area contributed by atoms with Crippen molar-refractivity contribution in [2.75, 3.05) is 23.0 Å². The molecule has 0 atom stereocenters. The van der Waals surface area contributed by atoms with Crippen molar-refractivity contribution in [3.63, 3.8) is 0 Å². The van der Waals surface area contributed by atoms with Gasteiger partial charge in [-0.05, 0) is 49.4 Å². The SMILES string of the molecule is CCOc1ccc(NC(=O)CSc2nnc(NC(=O)c3cc(Br)ccc3Cl)s2)cc1. The second-order valence-electron chi connectivity index (χ2n) is 5.75. The standard InChI is InChI=1S/C19H16BrClN4O3S2/c1-2-28-13-6-4-12(5-7-13)22-16(26)10-29-19-25-24-18(30-19)23-17(27)14-9-11(20)3-8-15(14)21/h3-9H,2,10H2,1H3,(H,22,26)(H,23,24,27). The summed E-state index contributed by atoms with van der Waals surface area (Å²) in [6, 6.07) is 12.1. The molecule has 2 N–H and O–H groups in total. The van der Waals surface area contributed by atoms with Crippen molar-refractivity contribution in [2.24, 2.45) is 0 Å². The summed E-state index contributed by atoms with van der Waals surface area (Å²) >= 11 is 11.8. The molecule has 0 aliphatic rings. The maximum absolute atomic E-state index is 12.4. The Bertz CT molecular complexity index is 1050. The minimum Gasteiger partial charge on any atom is -0.494 e. The van der Waals surface area contributed by atoms with Gasteiger partial charge in [-0.3, -0.25) is 14.9 Å². The van der Waals surface area contributed by atoms with E-state index in [0.29, 0.717) is 32.4 Å². The zero-order valence-corrected chi connectivity index (χ0v) is 19.6. The van der Waals surface area contributed by atoms with Crippen LogP contribution in [0.15, 0.2) is 51.3 Å². The van der Waals surface area contributed by atoms with Gasteiger partial charge in [0.2, 0.25) is 11.0 Å². The molecule has 3 rings (SSSR count). The van der Waals surface area contributed by atoms with E-state index in [9.17, 15) is 9.59 Å². The number of thioether (sulfide) groups is 1. The van der Waals surface area contributed by atoms with Crippen molar-refractivity contribution in [1.29, 1.82) is 0 Å². The Morgan fingerprint density at radius 1 is 1.17 bits per heavy atom. The van der Waals surface area contributed by atoms with Gasteiger partial charge < -0.3 is 10.1 Å². The summed E-state index contributed by atoms with van der Waals surface area (Å²) in [5.41, 5.74) is 1.00. The average Bonchev–Trinajstić information content (AvgIpc) is 3.17. The molecule has 3 aromatic rings. The van der Waals surface area contributed by atoms with Crippen LogP contribution in [0.5, 0.6) is 5.75 Å². The Balaban J connectivity index is 1.51. The fourth-order valence-corrected chi connectivity index (χ4v) is 4.39. The molecule has 2 amide bonds. The molecule has 0 spiro atoms. The number of nitrogens with zero attached hydrogens (tertiary/aromatic N) is 2. The number of nitrogens with one attached hydrogen (secondary N) is 2. The molecule has 11 heteroatoms. The quantitative estimate of drug-likeness (QED) is 0.304. The third-order valence-electron chi connectivity index (χ3n) is 3.58. The minimum atomic E-state index is -0.387. The van der Waals surface area contributed by atoms with Crippen LogP contribution in [0, 0.1) is 0 Å². The number of carbonyl (C=O) groups excluding carboxylic acids is 2. The van der Waals surface area contributed by atoms with E-state index in [0.717, 1.165) is 10.2 Å². The summed E-state index contributed by atoms with van der Waals surface area (Å²) in [7, 11) is 0. The van der Waals surface area contributed by atoms with Gasteiger partial charge in [0.05, 0.1) is 22.9 Å². The van der Waals surface area contributed by atoms with Gasteiger partial charge in [-0.15, -0.1) is 10.2 Å². The Morgan fingerprint density at radius 2 is 1.93 bits per heavy atom. The largest absolute Gasteiger partial charge is 0.494 e. The van der Waals surface area contributed by atoms with Crippen LogP contribution in [0.1, 0.15) is 17.3 Å². The normalized spacial score (nSPS) is 10.5. The topological polar surface area (TPSA) is 93.2 Å². The number of benzene rings is 2. The van der Waals surface area contributed by atoms with Crippen LogP contribution in [0.25, 0.3) is 0 Å². The lowest BCUT2D eigenvalue weighted by Crippen LogP contribution is -2.13. The third-order valence-corrected chi connectivity index (χ3v) is 6.37. The summed E-state index contributed by atoms with van der Waals surface area (Å²) in [5, 5.41) is 14.1. The van der Waals surface area contributed by atoms with Crippen molar-refractivity contribution in [1.82, 2.24) is 10.2 Å². The molecule has 0 fully saturated rings. The highest BCUT2D eigenvalue weighted by atomic mass is 79.9. The maximum atomic E-state index is 12.4. The van der Waals surface area contributed by atoms with Crippen LogP contribution >= 0.6 is 50.6 Å². The number of ether oxygens (including phenoxy) is 1. The predicted molar refractivity (Wildman–Crippen MR) is 124 cm³/mol. The van der Waals surface area contributed by atoms with E-state index in [1.54, 1.807) is 42.5 Å². The molecule has 0 unspecified atom stereocenters. The molecule has 7 nitrogen and oxygen atoms in total. The number of aromatic nitrogens is 2. The Hall–Kier alpha value is -2.14. The highest BCUT2D eigenvalue weighted by molar-refractivity contribution is 9.10. The van der Waals surface area contributed by atoms with Gasteiger partial charge in [-0.2, -0.15) is 0 Å². The van der Waals surface area contributed by atoms with Crippen LogP contribution in [0.2, 0.25) is 5.02 Å². The number of carbonyl (C=O) groups is 2. The van der Waals surface area contributed by atoms with Crippen LogP contribution in [0.4, 0.5) is 10.8 Å². The Labute approximate surface area is 194 Å². The maximum Gasteiger partial charge on any atom is 0.259 e. The van der Waals surface area contributed by atoms with Gasteiger partial charge >= 0.3 is 0 Å².